The van der Waals surface area contributed by atoms with Gasteiger partial charge in [0.2, 0.25) is 0 Å². The molecule has 4 nitrogen and oxygen atoms in total. The molecule has 0 radical (unpaired) electrons. The van der Waals surface area contributed by atoms with Crippen molar-refractivity contribution in [3.05, 3.63) is 35.9 Å². The van der Waals surface area contributed by atoms with Crippen molar-refractivity contribution < 1.29 is 0 Å². The summed E-state index contributed by atoms with van der Waals surface area (Å²) in [4.78, 5) is 13.5. The van der Waals surface area contributed by atoms with Crippen molar-refractivity contribution in [2.45, 2.75) is 32.6 Å². The maximum atomic E-state index is 4.77. The molecule has 2 aromatic rings. The number of hydrogen-bond acceptors (Lipinski definition) is 4. The summed E-state index contributed by atoms with van der Waals surface area (Å²) >= 11 is 0. The van der Waals surface area contributed by atoms with Gasteiger partial charge in [-0.1, -0.05) is 0 Å². The number of nitrogens with one attached hydrogen (secondary N) is 1. The van der Waals surface area contributed by atoms with E-state index in [9.17, 15) is 0 Å². The van der Waals surface area contributed by atoms with Gasteiger partial charge in [0.1, 0.15) is 11.6 Å². The second-order valence-corrected chi connectivity index (χ2v) is 4.94. The third-order valence-electron chi connectivity index (χ3n) is 3.40. The average Bonchev–Trinajstić information content (AvgIpc) is 3.27. The average molecular weight is 254 g/mol. The van der Waals surface area contributed by atoms with Crippen LogP contribution in [0.1, 0.15) is 37.1 Å². The van der Waals surface area contributed by atoms with Crippen molar-refractivity contribution in [2.75, 3.05) is 11.9 Å². The van der Waals surface area contributed by atoms with E-state index in [0.717, 1.165) is 35.0 Å². The Morgan fingerprint density at radius 1 is 1.21 bits per heavy atom. The van der Waals surface area contributed by atoms with E-state index in [1.165, 1.54) is 12.8 Å². The number of aromatic nitrogens is 3. The molecule has 1 fully saturated rings. The second kappa shape index (κ2) is 4.96. The maximum absolute atomic E-state index is 4.77. The van der Waals surface area contributed by atoms with Crippen molar-refractivity contribution in [3.8, 4) is 11.3 Å². The molecule has 2 heterocycles. The first-order valence-electron chi connectivity index (χ1n) is 6.82. The highest BCUT2D eigenvalue weighted by atomic mass is 15.0. The van der Waals surface area contributed by atoms with Crippen LogP contribution in [-0.2, 0) is 0 Å². The summed E-state index contributed by atoms with van der Waals surface area (Å²) in [6.45, 7) is 5.03. The van der Waals surface area contributed by atoms with Crippen LogP contribution in [0.3, 0.4) is 0 Å². The zero-order valence-electron chi connectivity index (χ0n) is 11.3. The van der Waals surface area contributed by atoms with Gasteiger partial charge in [-0.05, 0) is 38.8 Å². The standard InChI is InChI=1S/C15H18N4/c1-3-17-14-10(2)13(11-6-8-16-9-7-11)18-15(19-14)12-4-5-12/h6-9,12H,3-5H2,1-2H3,(H,17,18,19). The molecule has 0 atom stereocenters. The largest absolute Gasteiger partial charge is 0.370 e. The lowest BCUT2D eigenvalue weighted by Crippen LogP contribution is -2.07. The normalized spacial score (nSPS) is 14.4. The summed E-state index contributed by atoms with van der Waals surface area (Å²) in [5.41, 5.74) is 3.24. The summed E-state index contributed by atoms with van der Waals surface area (Å²) in [6.07, 6.45) is 6.04. The maximum Gasteiger partial charge on any atom is 0.134 e. The molecule has 0 aliphatic heterocycles. The summed E-state index contributed by atoms with van der Waals surface area (Å²) in [7, 11) is 0. The van der Waals surface area contributed by atoms with Crippen LogP contribution in [0.4, 0.5) is 5.82 Å². The van der Waals surface area contributed by atoms with Crippen LogP contribution >= 0.6 is 0 Å². The number of hydrogen-bond donors (Lipinski definition) is 1. The van der Waals surface area contributed by atoms with Crippen molar-refractivity contribution >= 4 is 5.82 Å². The molecule has 1 aliphatic carbocycles. The van der Waals surface area contributed by atoms with Gasteiger partial charge in [-0.25, -0.2) is 9.97 Å². The SMILES string of the molecule is CCNc1nc(C2CC2)nc(-c2ccncc2)c1C. The Bertz CT molecular complexity index is 576. The van der Waals surface area contributed by atoms with E-state index >= 15 is 0 Å². The van der Waals surface area contributed by atoms with Crippen molar-refractivity contribution in [2.24, 2.45) is 0 Å². The lowest BCUT2D eigenvalue weighted by Gasteiger charge is -2.13. The molecule has 0 amide bonds. The summed E-state index contributed by atoms with van der Waals surface area (Å²) < 4.78 is 0. The van der Waals surface area contributed by atoms with Gasteiger partial charge in [0, 0.05) is 36.0 Å². The lowest BCUT2D eigenvalue weighted by atomic mass is 10.1. The zero-order valence-corrected chi connectivity index (χ0v) is 11.3. The van der Waals surface area contributed by atoms with Crippen molar-refractivity contribution in [1.29, 1.82) is 0 Å². The highest BCUT2D eigenvalue weighted by molar-refractivity contribution is 5.67. The molecular formula is C15H18N4. The minimum atomic E-state index is 0.554. The first-order chi connectivity index (χ1) is 9.29. The fourth-order valence-electron chi connectivity index (χ4n) is 2.19. The third-order valence-corrected chi connectivity index (χ3v) is 3.40. The molecule has 2 aromatic heterocycles. The molecule has 1 aliphatic rings. The van der Waals surface area contributed by atoms with Gasteiger partial charge in [-0.2, -0.15) is 0 Å². The highest BCUT2D eigenvalue weighted by Gasteiger charge is 2.28. The van der Waals surface area contributed by atoms with E-state index in [2.05, 4.69) is 29.1 Å². The fraction of sp³-hybridized carbons (Fsp3) is 0.400. The van der Waals surface area contributed by atoms with Crippen molar-refractivity contribution in [3.63, 3.8) is 0 Å². The van der Waals surface area contributed by atoms with Gasteiger partial charge in [0.15, 0.2) is 0 Å². The lowest BCUT2D eigenvalue weighted by molar-refractivity contribution is 0.918. The Morgan fingerprint density at radius 2 is 1.95 bits per heavy atom. The van der Waals surface area contributed by atoms with E-state index in [0.29, 0.717) is 5.92 Å². The minimum Gasteiger partial charge on any atom is -0.370 e. The quantitative estimate of drug-likeness (QED) is 0.910. The van der Waals surface area contributed by atoms with Gasteiger partial charge in [0.25, 0.3) is 0 Å². The van der Waals surface area contributed by atoms with Crippen LogP contribution in [0.5, 0.6) is 0 Å². The Hall–Kier alpha value is -1.97. The van der Waals surface area contributed by atoms with Crippen LogP contribution < -0.4 is 5.32 Å². The van der Waals surface area contributed by atoms with E-state index < -0.39 is 0 Å². The predicted molar refractivity (Wildman–Crippen MR) is 76.1 cm³/mol. The molecule has 1 N–H and O–H groups in total. The molecule has 0 bridgehead atoms. The van der Waals surface area contributed by atoms with E-state index in [1.807, 2.05) is 12.1 Å². The molecule has 98 valence electrons. The first kappa shape index (κ1) is 12.1. The molecular weight excluding hydrogens is 236 g/mol. The van der Waals surface area contributed by atoms with Crippen LogP contribution in [0.2, 0.25) is 0 Å². The molecule has 1 saturated carbocycles. The van der Waals surface area contributed by atoms with Gasteiger partial charge < -0.3 is 5.32 Å². The van der Waals surface area contributed by atoms with Crippen LogP contribution in [-0.4, -0.2) is 21.5 Å². The molecule has 4 heteroatoms. The summed E-state index contributed by atoms with van der Waals surface area (Å²) in [5.74, 6) is 2.50. The Balaban J connectivity index is 2.11. The second-order valence-electron chi connectivity index (χ2n) is 4.94. The molecule has 0 aromatic carbocycles. The van der Waals surface area contributed by atoms with E-state index in [4.69, 9.17) is 4.98 Å². The smallest absolute Gasteiger partial charge is 0.134 e. The Kier molecular flexibility index (Phi) is 3.15. The molecule has 19 heavy (non-hydrogen) atoms. The topological polar surface area (TPSA) is 50.7 Å². The minimum absolute atomic E-state index is 0.554. The van der Waals surface area contributed by atoms with Crippen LogP contribution in [0.25, 0.3) is 11.3 Å². The first-order valence-corrected chi connectivity index (χ1v) is 6.82. The number of rotatable bonds is 4. The highest BCUT2D eigenvalue weighted by Crippen LogP contribution is 2.40. The Labute approximate surface area is 113 Å². The third kappa shape index (κ3) is 2.43. The monoisotopic (exact) mass is 254 g/mol. The van der Waals surface area contributed by atoms with E-state index in [-0.39, 0.29) is 0 Å². The van der Waals surface area contributed by atoms with Gasteiger partial charge in [0.05, 0.1) is 5.69 Å². The summed E-state index contributed by atoms with van der Waals surface area (Å²) in [6, 6.07) is 4.00. The van der Waals surface area contributed by atoms with Crippen LogP contribution in [0, 0.1) is 6.92 Å². The summed E-state index contributed by atoms with van der Waals surface area (Å²) in [5, 5.41) is 3.34. The zero-order chi connectivity index (χ0) is 13.2. The number of anilines is 1. The van der Waals surface area contributed by atoms with Crippen molar-refractivity contribution in [1.82, 2.24) is 15.0 Å². The Morgan fingerprint density at radius 3 is 2.58 bits per heavy atom. The molecule has 0 saturated heterocycles. The van der Waals surface area contributed by atoms with Gasteiger partial charge in [-0.3, -0.25) is 4.98 Å². The predicted octanol–water partition coefficient (Wildman–Crippen LogP) is 3.16. The molecule has 0 spiro atoms. The molecule has 0 unspecified atom stereocenters. The van der Waals surface area contributed by atoms with Gasteiger partial charge in [-0.15, -0.1) is 0 Å². The van der Waals surface area contributed by atoms with Crippen LogP contribution in [0.15, 0.2) is 24.5 Å². The van der Waals surface area contributed by atoms with Gasteiger partial charge >= 0.3 is 0 Å². The number of nitrogens with zero attached hydrogens (tertiary/aromatic N) is 3. The molecule has 3 rings (SSSR count). The van der Waals surface area contributed by atoms with E-state index in [1.54, 1.807) is 12.4 Å². The fourth-order valence-corrected chi connectivity index (χ4v) is 2.19. The number of pyridine rings is 1.